The zero-order valence-corrected chi connectivity index (χ0v) is 90.8. The van der Waals surface area contributed by atoms with Crippen molar-refractivity contribution in [2.24, 2.45) is 21.7 Å². The standard InChI is InChI=1S/C29H40O3S.C29H38O3S.C27H36O3S.C21H31IO3S.C8H9BO2/c2*1-8-31-27(30)26(32-28(3,4)5)24-20(2)33-23(15-14-21-12-10-9-11-13-21)25(24)22-16-18-29(6,7)19-17-22;1-18-22(24(25(28)29)30-26(2,3)4)23(20-14-16-27(5,6)17-15-20)21(31-18)13-12-19-10-8-7-9-11-19;1-8-24-19(23)17(25-20(3,4)5)15-13(2)26-18(22)16(15)14-9-11-21(6,7)12-10-14;10-9(11)7-6-8-4-2-1-3-5-8/h9-13,16,26H,8,14-15,17-19H2,1-7H3;9-16,26H,8,17-19H2,1-7H3;7-11,14,24H,12-13,15-17H2,1-6H3,(H,28,29);9,17H,8,10-12H2,1-7H3;1-7,10-11H/b;15-14+;;;7-6+. The van der Waals surface area contributed by atoms with E-state index in [2.05, 4.69) is 202 Å². The van der Waals surface area contributed by atoms with Gasteiger partial charge in [-0.3, -0.25) is 0 Å². The Bertz CT molecular complexity index is 5350. The predicted octanol–water partition coefficient (Wildman–Crippen LogP) is 30.9. The van der Waals surface area contributed by atoms with Gasteiger partial charge in [0.2, 0.25) is 0 Å². The third-order valence-corrected chi connectivity index (χ3v) is 29.5. The van der Waals surface area contributed by atoms with Gasteiger partial charge >= 0.3 is 31.0 Å². The molecular weight excluding hydrogens is 1860 g/mol. The molecule has 0 aliphatic heterocycles. The first-order chi connectivity index (χ1) is 62.7. The van der Waals surface area contributed by atoms with E-state index in [1.807, 2.05) is 177 Å². The number of benzene rings is 4. The number of carboxylic acid groups (broad SMARTS) is 1. The fraction of sp³-hybridized carbons (Fsp3) is 0.509. The van der Waals surface area contributed by atoms with E-state index in [-0.39, 0.29) is 17.9 Å². The van der Waals surface area contributed by atoms with Crippen molar-refractivity contribution < 1.29 is 67.5 Å². The van der Waals surface area contributed by atoms with Crippen LogP contribution in [-0.2, 0) is 78.0 Å². The van der Waals surface area contributed by atoms with E-state index in [1.165, 1.54) is 68.0 Å². The topological polar surface area (TPSA) is 194 Å². The lowest BCUT2D eigenvalue weighted by Crippen LogP contribution is -2.29. The number of carbonyl (C=O) groups is 4. The number of thiophene rings is 4. The highest BCUT2D eigenvalue weighted by Gasteiger charge is 2.42. The average Bonchev–Trinajstić information content (AvgIpc) is 1.64. The minimum absolute atomic E-state index is 0.291. The number of carbonyl (C=O) groups excluding carboxylic acids is 3. The molecule has 0 radical (unpaired) electrons. The smallest absolute Gasteiger partial charge is 0.479 e. The van der Waals surface area contributed by atoms with Crippen LogP contribution in [0, 0.1) is 52.2 Å². The average molecular weight is 2010 g/mol. The van der Waals surface area contributed by atoms with E-state index < -0.39 is 59.9 Å². The largest absolute Gasteiger partial charge is 0.480 e. The molecule has 4 heterocycles. The summed E-state index contributed by atoms with van der Waals surface area (Å²) in [6.07, 6.45) is 28.9. The zero-order valence-electron chi connectivity index (χ0n) is 85.3. The first-order valence-corrected chi connectivity index (χ1v) is 52.3. The van der Waals surface area contributed by atoms with Crippen LogP contribution < -0.4 is 0 Å². The van der Waals surface area contributed by atoms with Gasteiger partial charge in [-0.25, -0.2) is 19.2 Å². The van der Waals surface area contributed by atoms with Gasteiger partial charge in [0.25, 0.3) is 0 Å². The summed E-state index contributed by atoms with van der Waals surface area (Å²) >= 11 is 9.43. The third-order valence-electron chi connectivity index (χ3n) is 23.9. The maximum Gasteiger partial charge on any atom is 0.480 e. The maximum absolute atomic E-state index is 13.1. The van der Waals surface area contributed by atoms with Crippen LogP contribution in [-0.4, -0.2) is 88.4 Å². The number of esters is 3. The Morgan fingerprint density at radius 3 is 0.985 bits per heavy atom. The van der Waals surface area contributed by atoms with Gasteiger partial charge in [0, 0.05) is 67.5 Å². The van der Waals surface area contributed by atoms with Crippen molar-refractivity contribution in [3.05, 3.63) is 255 Å². The lowest BCUT2D eigenvalue weighted by Gasteiger charge is -2.31. The number of halogens is 1. The van der Waals surface area contributed by atoms with E-state index in [0.717, 1.165) is 167 Å². The van der Waals surface area contributed by atoms with E-state index in [9.17, 15) is 24.3 Å². The Labute approximate surface area is 833 Å². The molecule has 4 atom stereocenters. The molecule has 0 fully saturated rings. The second-order valence-corrected chi connectivity index (χ2v) is 49.5. The number of rotatable bonds is 29. The van der Waals surface area contributed by atoms with E-state index in [4.69, 9.17) is 43.2 Å². The summed E-state index contributed by atoms with van der Waals surface area (Å²) < 4.78 is 42.6. The number of allylic oxidation sites excluding steroid dienone is 8. The van der Waals surface area contributed by atoms with Crippen LogP contribution >= 0.6 is 67.9 Å². The molecule has 4 aliphatic rings. The van der Waals surface area contributed by atoms with E-state index in [1.54, 1.807) is 40.1 Å². The van der Waals surface area contributed by atoms with Crippen LogP contribution in [0.1, 0.15) is 362 Å². The molecule has 14 nitrogen and oxygen atoms in total. The predicted molar refractivity (Wildman–Crippen MR) is 572 cm³/mol. The molecule has 0 amide bonds. The minimum atomic E-state index is -1.37. The summed E-state index contributed by atoms with van der Waals surface area (Å²) in [6.45, 7) is 57.1. The molecule has 12 rings (SSSR count). The van der Waals surface area contributed by atoms with Crippen molar-refractivity contribution in [2.45, 2.75) is 336 Å². The molecular formula is C114H154BIO14S4. The molecule has 0 saturated carbocycles. The summed E-state index contributed by atoms with van der Waals surface area (Å²) in [6, 6.07) is 40.9. The zero-order chi connectivity index (χ0) is 99.1. The Morgan fingerprint density at radius 1 is 0.388 bits per heavy atom. The number of aliphatic carboxylic acids is 1. The molecule has 4 unspecified atom stereocenters. The SMILES string of the molecule is CCOC(=O)C(OC(C)(C)C)c1c(C)sc(/C=C/c2ccccc2)c1C1=CCC(C)(C)CC1.CCOC(=O)C(OC(C)(C)C)c1c(C)sc(CCc2ccccc2)c1C1=CCC(C)(C)CC1.CCOC(=O)C(OC(C)(C)C)c1c(C)sc(I)c1C1=CCC(C)(C)CC1.Cc1sc(CCc2ccccc2)c(C2=CCC(C)(C)CC2)c1C(OC(C)(C)C)C(=O)O.OB(O)/C=C/c1ccccc1. The highest BCUT2D eigenvalue weighted by molar-refractivity contribution is 14.1. The number of carboxylic acids is 1. The highest BCUT2D eigenvalue weighted by Crippen LogP contribution is 2.52. The lowest BCUT2D eigenvalue weighted by molar-refractivity contribution is -0.167. The van der Waals surface area contributed by atoms with Gasteiger partial charge in [-0.2, -0.15) is 0 Å². The van der Waals surface area contributed by atoms with Crippen LogP contribution in [0.25, 0.3) is 40.5 Å². The molecule has 0 bridgehead atoms. The second-order valence-electron chi connectivity index (χ2n) is 42.6. The van der Waals surface area contributed by atoms with E-state index >= 15 is 0 Å². The number of ether oxygens (including phenoxy) is 7. The molecule has 3 N–H and O–H groups in total. The first kappa shape index (κ1) is 112. The second kappa shape index (κ2) is 49.9. The highest BCUT2D eigenvalue weighted by atomic mass is 127. The van der Waals surface area contributed by atoms with Gasteiger partial charge in [0.05, 0.1) is 45.1 Å². The van der Waals surface area contributed by atoms with Crippen molar-refractivity contribution in [3.63, 3.8) is 0 Å². The summed E-state index contributed by atoms with van der Waals surface area (Å²) in [4.78, 5) is 59.6. The summed E-state index contributed by atoms with van der Waals surface area (Å²) in [5.74, 6) is -0.498. The quantitative estimate of drug-likeness (QED) is 0.0173. The molecule has 4 aromatic carbocycles. The maximum atomic E-state index is 13.1. The molecule has 0 saturated heterocycles. The minimum Gasteiger partial charge on any atom is -0.479 e. The lowest BCUT2D eigenvalue weighted by atomic mass is 9.76. The summed E-state index contributed by atoms with van der Waals surface area (Å²) in [7, 11) is -1.37. The molecule has 20 heteroatoms. The molecule has 134 heavy (non-hydrogen) atoms. The Morgan fingerprint density at radius 2 is 0.672 bits per heavy atom. The van der Waals surface area contributed by atoms with Gasteiger partial charge in [-0.05, 0) is 340 Å². The van der Waals surface area contributed by atoms with Crippen LogP contribution in [0.3, 0.4) is 0 Å². The molecule has 8 aromatic rings. The van der Waals surface area contributed by atoms with Crippen molar-refractivity contribution in [1.29, 1.82) is 0 Å². The van der Waals surface area contributed by atoms with Crippen LogP contribution in [0.2, 0.25) is 0 Å². The van der Waals surface area contributed by atoms with Crippen LogP contribution in [0.15, 0.2) is 152 Å². The van der Waals surface area contributed by atoms with Gasteiger partial charge in [0.1, 0.15) is 0 Å². The monoisotopic (exact) mass is 2010 g/mol. The van der Waals surface area contributed by atoms with Crippen molar-refractivity contribution >= 4 is 139 Å². The molecule has 4 aromatic heterocycles. The van der Waals surface area contributed by atoms with Crippen LogP contribution in [0.5, 0.6) is 0 Å². The van der Waals surface area contributed by atoms with Gasteiger partial charge in [-0.15, -0.1) is 45.3 Å². The molecule has 728 valence electrons. The van der Waals surface area contributed by atoms with Gasteiger partial charge < -0.3 is 48.3 Å². The third kappa shape index (κ3) is 34.9. The Hall–Kier alpha value is -7.45. The van der Waals surface area contributed by atoms with Crippen molar-refractivity contribution in [2.75, 3.05) is 19.8 Å². The Kier molecular flexibility index (Phi) is 41.7. The number of aryl methyl sites for hydroxylation is 8. The normalized spacial score (nSPS) is 16.8. The fourth-order valence-electron chi connectivity index (χ4n) is 16.9. The first-order valence-electron chi connectivity index (χ1n) is 48.0. The van der Waals surface area contributed by atoms with Crippen molar-refractivity contribution in [1.82, 2.24) is 0 Å². The molecule has 0 spiro atoms. The van der Waals surface area contributed by atoms with Gasteiger partial charge in [-0.1, -0.05) is 219 Å². The Balaban J connectivity index is 0.000000212. The summed E-state index contributed by atoms with van der Waals surface area (Å²) in [5.41, 5.74) is 18.0. The van der Waals surface area contributed by atoms with Crippen LogP contribution in [0.4, 0.5) is 0 Å². The number of hydrogen-bond acceptors (Lipinski definition) is 17. The number of hydrogen-bond donors (Lipinski definition) is 3. The van der Waals surface area contributed by atoms with Gasteiger partial charge in [0.15, 0.2) is 24.4 Å². The molecule has 4 aliphatic carbocycles. The van der Waals surface area contributed by atoms with Crippen molar-refractivity contribution in [3.8, 4) is 0 Å². The van der Waals surface area contributed by atoms with E-state index in [0.29, 0.717) is 41.5 Å². The fourth-order valence-corrected chi connectivity index (χ4v) is 23.1. The summed E-state index contributed by atoms with van der Waals surface area (Å²) in [5, 5.41) is 27.1.